The van der Waals surface area contributed by atoms with Crippen molar-refractivity contribution in [2.45, 2.75) is 19.9 Å². The molecule has 1 nitrogen and oxygen atoms in total. The molecule has 0 aliphatic rings. The van der Waals surface area contributed by atoms with Gasteiger partial charge in [0, 0.05) is 22.7 Å². The van der Waals surface area contributed by atoms with Crippen LogP contribution in [0.5, 0.6) is 0 Å². The number of halogens is 4. The van der Waals surface area contributed by atoms with E-state index in [2.05, 4.69) is 5.32 Å². The van der Waals surface area contributed by atoms with E-state index in [9.17, 15) is 13.2 Å². The van der Waals surface area contributed by atoms with Crippen LogP contribution in [0.1, 0.15) is 29.7 Å². The van der Waals surface area contributed by atoms with E-state index >= 15 is 0 Å². The molecule has 5 heteroatoms. The molecule has 0 heterocycles. The number of hydrogen-bond donors (Lipinski definition) is 1. The quantitative estimate of drug-likeness (QED) is 0.857. The van der Waals surface area contributed by atoms with Gasteiger partial charge in [0.15, 0.2) is 0 Å². The summed E-state index contributed by atoms with van der Waals surface area (Å²) in [6, 6.07) is 5.81. The Labute approximate surface area is 126 Å². The van der Waals surface area contributed by atoms with Gasteiger partial charge in [0.2, 0.25) is 0 Å². The molecular weight excluding hydrogens is 299 g/mol. The fourth-order valence-electron chi connectivity index (χ4n) is 2.34. The summed E-state index contributed by atoms with van der Waals surface area (Å²) < 4.78 is 41.2. The summed E-state index contributed by atoms with van der Waals surface area (Å²) in [7, 11) is 0. The zero-order valence-corrected chi connectivity index (χ0v) is 12.4. The molecule has 0 radical (unpaired) electrons. The van der Waals surface area contributed by atoms with Crippen LogP contribution in [-0.2, 0) is 0 Å². The van der Waals surface area contributed by atoms with E-state index in [1.807, 2.05) is 6.92 Å². The van der Waals surface area contributed by atoms with Crippen molar-refractivity contribution in [3.63, 3.8) is 0 Å². The third kappa shape index (κ3) is 3.22. The second-order valence-electron chi connectivity index (χ2n) is 4.73. The topological polar surface area (TPSA) is 12.0 Å². The summed E-state index contributed by atoms with van der Waals surface area (Å²) in [6.45, 7) is 4.10. The Hall–Kier alpha value is -1.52. The maximum atomic E-state index is 14.0. The lowest BCUT2D eigenvalue weighted by Gasteiger charge is -2.22. The summed E-state index contributed by atoms with van der Waals surface area (Å²) >= 11 is 6.08. The van der Waals surface area contributed by atoms with Crippen LogP contribution in [0.25, 0.3) is 0 Å². The van der Waals surface area contributed by atoms with Gasteiger partial charge in [0.05, 0.1) is 6.04 Å². The molecule has 0 aromatic heterocycles. The molecule has 0 aliphatic heterocycles. The summed E-state index contributed by atoms with van der Waals surface area (Å²) in [6.07, 6.45) is 0. The van der Waals surface area contributed by atoms with Crippen LogP contribution in [0, 0.1) is 24.4 Å². The van der Waals surface area contributed by atoms with Gasteiger partial charge in [-0.25, -0.2) is 13.2 Å². The molecule has 1 unspecified atom stereocenters. The molecule has 0 fully saturated rings. The highest BCUT2D eigenvalue weighted by molar-refractivity contribution is 6.31. The molecule has 0 amide bonds. The predicted molar refractivity (Wildman–Crippen MR) is 78.0 cm³/mol. The predicted octanol–water partition coefficient (Wildman–Crippen LogP) is 4.76. The first kappa shape index (κ1) is 15.9. The Bertz CT molecular complexity index is 635. The fourth-order valence-corrected chi connectivity index (χ4v) is 2.52. The lowest BCUT2D eigenvalue weighted by molar-refractivity contribution is 0.491. The van der Waals surface area contributed by atoms with Crippen molar-refractivity contribution in [2.75, 3.05) is 6.54 Å². The Morgan fingerprint density at radius 1 is 1.14 bits per heavy atom. The molecule has 0 saturated carbocycles. The van der Waals surface area contributed by atoms with Crippen molar-refractivity contribution >= 4 is 11.6 Å². The third-order valence-corrected chi connectivity index (χ3v) is 3.77. The van der Waals surface area contributed by atoms with Crippen molar-refractivity contribution in [1.29, 1.82) is 0 Å². The molecule has 0 aliphatic carbocycles. The van der Waals surface area contributed by atoms with Crippen molar-refractivity contribution in [1.82, 2.24) is 5.32 Å². The van der Waals surface area contributed by atoms with E-state index in [1.54, 1.807) is 25.1 Å². The minimum Gasteiger partial charge on any atom is -0.306 e. The normalized spacial score (nSPS) is 12.5. The van der Waals surface area contributed by atoms with Gasteiger partial charge in [-0.1, -0.05) is 30.7 Å². The third-order valence-electron chi connectivity index (χ3n) is 3.36. The zero-order valence-electron chi connectivity index (χ0n) is 11.7. The maximum absolute atomic E-state index is 14.0. The average Bonchev–Trinajstić information content (AvgIpc) is 2.40. The van der Waals surface area contributed by atoms with Crippen molar-refractivity contribution in [3.05, 3.63) is 69.5 Å². The van der Waals surface area contributed by atoms with Crippen LogP contribution >= 0.6 is 11.6 Å². The van der Waals surface area contributed by atoms with Crippen LogP contribution in [0.3, 0.4) is 0 Å². The second kappa shape index (κ2) is 6.50. The zero-order chi connectivity index (χ0) is 15.6. The summed E-state index contributed by atoms with van der Waals surface area (Å²) in [5.41, 5.74) is 1.19. The molecule has 2 aromatic rings. The SMILES string of the molecule is CCNC(c1cccc(Cl)c1C)c1c(F)cc(F)cc1F. The molecular formula is C16H15ClF3N. The lowest BCUT2D eigenvalue weighted by atomic mass is 9.94. The molecule has 0 spiro atoms. The Balaban J connectivity index is 2.62. The van der Waals surface area contributed by atoms with E-state index < -0.39 is 23.5 Å². The average molecular weight is 314 g/mol. The molecule has 112 valence electrons. The Morgan fingerprint density at radius 3 is 2.33 bits per heavy atom. The number of hydrogen-bond acceptors (Lipinski definition) is 1. The Morgan fingerprint density at radius 2 is 1.76 bits per heavy atom. The fraction of sp³-hybridized carbons (Fsp3) is 0.250. The smallest absolute Gasteiger partial charge is 0.134 e. The maximum Gasteiger partial charge on any atom is 0.134 e. The van der Waals surface area contributed by atoms with Crippen LogP contribution in [0.15, 0.2) is 30.3 Å². The number of nitrogens with one attached hydrogen (secondary N) is 1. The minimum atomic E-state index is -0.938. The highest BCUT2D eigenvalue weighted by Crippen LogP contribution is 2.32. The molecule has 0 saturated heterocycles. The van der Waals surface area contributed by atoms with Crippen LogP contribution < -0.4 is 5.32 Å². The number of rotatable bonds is 4. The van der Waals surface area contributed by atoms with Gasteiger partial charge in [-0.05, 0) is 30.7 Å². The van der Waals surface area contributed by atoms with Gasteiger partial charge >= 0.3 is 0 Å². The second-order valence-corrected chi connectivity index (χ2v) is 5.14. The van der Waals surface area contributed by atoms with Crippen LogP contribution in [-0.4, -0.2) is 6.54 Å². The standard InChI is InChI=1S/C16H15ClF3N/c1-3-21-16(11-5-4-6-12(17)9(11)2)15-13(19)7-10(18)8-14(15)20/h4-8,16,21H,3H2,1-2H3. The van der Waals surface area contributed by atoms with Gasteiger partial charge in [-0.15, -0.1) is 0 Å². The van der Waals surface area contributed by atoms with E-state index in [1.165, 1.54) is 0 Å². The number of benzene rings is 2. The van der Waals surface area contributed by atoms with Crippen molar-refractivity contribution < 1.29 is 13.2 Å². The van der Waals surface area contributed by atoms with E-state index in [4.69, 9.17) is 11.6 Å². The van der Waals surface area contributed by atoms with Crippen molar-refractivity contribution in [3.8, 4) is 0 Å². The van der Waals surface area contributed by atoms with Crippen LogP contribution in [0.2, 0.25) is 5.02 Å². The lowest BCUT2D eigenvalue weighted by Crippen LogP contribution is -2.25. The largest absolute Gasteiger partial charge is 0.306 e. The van der Waals surface area contributed by atoms with E-state index in [-0.39, 0.29) is 5.56 Å². The van der Waals surface area contributed by atoms with Gasteiger partial charge in [-0.3, -0.25) is 0 Å². The summed E-state index contributed by atoms with van der Waals surface area (Å²) in [5.74, 6) is -2.78. The van der Waals surface area contributed by atoms with E-state index in [0.717, 1.165) is 5.56 Å². The molecule has 0 bridgehead atoms. The first-order chi connectivity index (χ1) is 9.95. The van der Waals surface area contributed by atoms with Gasteiger partial charge in [-0.2, -0.15) is 0 Å². The van der Waals surface area contributed by atoms with Gasteiger partial charge < -0.3 is 5.32 Å². The molecule has 2 rings (SSSR count). The van der Waals surface area contributed by atoms with Crippen LogP contribution in [0.4, 0.5) is 13.2 Å². The van der Waals surface area contributed by atoms with Crippen molar-refractivity contribution in [2.24, 2.45) is 0 Å². The monoisotopic (exact) mass is 313 g/mol. The highest BCUT2D eigenvalue weighted by atomic mass is 35.5. The summed E-state index contributed by atoms with van der Waals surface area (Å²) in [4.78, 5) is 0. The molecule has 1 N–H and O–H groups in total. The molecule has 1 atom stereocenters. The summed E-state index contributed by atoms with van der Waals surface area (Å²) in [5, 5.41) is 3.54. The van der Waals surface area contributed by atoms with Gasteiger partial charge in [0.1, 0.15) is 17.5 Å². The Kier molecular flexibility index (Phi) is 4.91. The minimum absolute atomic E-state index is 0.205. The van der Waals surface area contributed by atoms with E-state index in [0.29, 0.717) is 29.3 Å². The molecule has 21 heavy (non-hydrogen) atoms. The highest BCUT2D eigenvalue weighted by Gasteiger charge is 2.24. The first-order valence-electron chi connectivity index (χ1n) is 6.58. The molecule has 2 aromatic carbocycles. The van der Waals surface area contributed by atoms with Gasteiger partial charge in [0.25, 0.3) is 0 Å². The first-order valence-corrected chi connectivity index (χ1v) is 6.96.